The third-order valence-electron chi connectivity index (χ3n) is 11.7. The van der Waals surface area contributed by atoms with Crippen LogP contribution in [0.25, 0.3) is 0 Å². The Kier molecular flexibility index (Phi) is 21.9. The second-order valence-electron chi connectivity index (χ2n) is 17.9. The molecule has 8 atom stereocenters. The van der Waals surface area contributed by atoms with Crippen LogP contribution in [0.15, 0.2) is 46.8 Å². The summed E-state index contributed by atoms with van der Waals surface area (Å²) in [6.45, 7) is 12.6. The minimum atomic E-state index is -1.29. The maximum absolute atomic E-state index is 14.5. The highest BCUT2D eigenvalue weighted by Crippen LogP contribution is 2.22. The molecule has 1 saturated heterocycles. The fourth-order valence-electron chi connectivity index (χ4n) is 7.61. The van der Waals surface area contributed by atoms with E-state index < -0.39 is 77.6 Å². The Balaban J connectivity index is 1.93. The molecule has 67 heavy (non-hydrogen) atoms. The van der Waals surface area contributed by atoms with Gasteiger partial charge in [-0.3, -0.25) is 43.5 Å². The van der Waals surface area contributed by atoms with E-state index in [-0.39, 0.29) is 61.8 Å². The average Bonchev–Trinajstić information content (AvgIpc) is 3.98. The number of rotatable bonds is 26. The lowest BCUT2D eigenvalue weighted by Gasteiger charge is -2.32. The van der Waals surface area contributed by atoms with Crippen LogP contribution in [0.5, 0.6) is 5.75 Å². The van der Waals surface area contributed by atoms with Crippen molar-refractivity contribution in [2.24, 2.45) is 33.3 Å². The Morgan fingerprint density at radius 2 is 1.49 bits per heavy atom. The molecule has 2 aromatic rings. The number of nitrogens with zero attached hydrogens (tertiary/aromatic N) is 5. The Labute approximate surface area is 393 Å². The van der Waals surface area contributed by atoms with E-state index in [1.54, 1.807) is 76.8 Å². The minimum Gasteiger partial charge on any atom is -0.508 e. The molecular formula is C46H73N13O8. The van der Waals surface area contributed by atoms with Gasteiger partial charge in [0.2, 0.25) is 35.4 Å². The van der Waals surface area contributed by atoms with Crippen LogP contribution in [0.4, 0.5) is 0 Å². The number of nitrogens with two attached hydrogens (primary N) is 2. The van der Waals surface area contributed by atoms with Crippen LogP contribution in [0.1, 0.15) is 91.8 Å². The number of ketones is 1. The molecule has 0 radical (unpaired) electrons. The summed E-state index contributed by atoms with van der Waals surface area (Å²) in [6.07, 6.45) is 5.28. The second-order valence-corrected chi connectivity index (χ2v) is 17.9. The number of amides is 6. The molecule has 6 amide bonds. The van der Waals surface area contributed by atoms with Crippen molar-refractivity contribution in [2.45, 2.75) is 136 Å². The van der Waals surface area contributed by atoms with Gasteiger partial charge >= 0.3 is 0 Å². The maximum Gasteiger partial charge on any atom is 0.246 e. The molecular weight excluding hydrogens is 863 g/mol. The molecule has 1 aromatic carbocycles. The van der Waals surface area contributed by atoms with Crippen molar-refractivity contribution in [3.05, 3.63) is 48.0 Å². The van der Waals surface area contributed by atoms with Crippen molar-refractivity contribution in [3.63, 3.8) is 0 Å². The van der Waals surface area contributed by atoms with E-state index in [1.165, 1.54) is 25.4 Å². The Hall–Kier alpha value is -6.38. The SMILES string of the molecule is CCC(C)C(NC(=O)C(Cc1ccc(O)cc1)NC(=O)C(NC(=O)C(CCCN=C(N)N)NC(=O)CN(C)C)C(C)C)C(=O)NC(Cc1cnc[nH]1)C(=O)N1CCCC1C(C)=NC(C)C(C)=O. The third-order valence-corrected chi connectivity index (χ3v) is 11.7. The first-order valence-corrected chi connectivity index (χ1v) is 22.9. The molecule has 3 rings (SSSR count). The Morgan fingerprint density at radius 3 is 2.07 bits per heavy atom. The van der Waals surface area contributed by atoms with E-state index >= 15 is 0 Å². The molecule has 0 spiro atoms. The van der Waals surface area contributed by atoms with E-state index in [4.69, 9.17) is 11.5 Å². The lowest BCUT2D eigenvalue weighted by Crippen LogP contribution is -2.61. The van der Waals surface area contributed by atoms with Gasteiger partial charge in [-0.15, -0.1) is 0 Å². The fourth-order valence-corrected chi connectivity index (χ4v) is 7.61. The van der Waals surface area contributed by atoms with Gasteiger partial charge in [0.1, 0.15) is 42.0 Å². The van der Waals surface area contributed by atoms with Gasteiger partial charge in [0, 0.05) is 43.5 Å². The van der Waals surface area contributed by atoms with E-state index in [1.807, 2.05) is 6.92 Å². The second kappa shape index (κ2) is 26.7. The number of Topliss-reactive ketones (excluding diaryl/α,β-unsaturated/α-hetero) is 1. The molecule has 21 nitrogen and oxygen atoms in total. The molecule has 1 aromatic heterocycles. The quantitative estimate of drug-likeness (QED) is 0.0344. The summed E-state index contributed by atoms with van der Waals surface area (Å²) >= 11 is 0. The molecule has 0 saturated carbocycles. The number of aliphatic imine (C=N–C) groups is 2. The number of nitrogens with one attached hydrogen (secondary N) is 6. The minimum absolute atomic E-state index is 0.00715. The third kappa shape index (κ3) is 17.7. The molecule has 21 heteroatoms. The van der Waals surface area contributed by atoms with Gasteiger partial charge in [0.25, 0.3) is 0 Å². The van der Waals surface area contributed by atoms with Crippen molar-refractivity contribution in [3.8, 4) is 5.75 Å². The van der Waals surface area contributed by atoms with E-state index in [2.05, 4.69) is 46.5 Å². The van der Waals surface area contributed by atoms with Crippen LogP contribution >= 0.6 is 0 Å². The molecule has 1 aliphatic heterocycles. The number of carbonyl (C=O) groups is 7. The van der Waals surface area contributed by atoms with Crippen molar-refractivity contribution in [2.75, 3.05) is 33.7 Å². The monoisotopic (exact) mass is 936 g/mol. The zero-order chi connectivity index (χ0) is 50.0. The predicted molar refractivity (Wildman–Crippen MR) is 255 cm³/mol. The first kappa shape index (κ1) is 55.0. The first-order chi connectivity index (χ1) is 31.6. The topological polar surface area (TPSA) is 312 Å². The van der Waals surface area contributed by atoms with Crippen LogP contribution < -0.4 is 38.1 Å². The Bertz CT molecular complexity index is 2040. The molecule has 0 aliphatic carbocycles. The lowest BCUT2D eigenvalue weighted by atomic mass is 9.96. The molecule has 2 heterocycles. The molecule has 1 aliphatic rings. The first-order valence-electron chi connectivity index (χ1n) is 22.9. The number of H-pyrrole nitrogens is 1. The van der Waals surface area contributed by atoms with Crippen LogP contribution in [0.3, 0.4) is 0 Å². The number of phenols is 1. The van der Waals surface area contributed by atoms with Crippen molar-refractivity contribution < 1.29 is 38.7 Å². The number of hydrogen-bond donors (Lipinski definition) is 9. The molecule has 11 N–H and O–H groups in total. The van der Waals surface area contributed by atoms with Crippen molar-refractivity contribution >= 4 is 52.9 Å². The summed E-state index contributed by atoms with van der Waals surface area (Å²) in [5.74, 6) is -4.64. The number of likely N-dealkylation sites (tertiary alicyclic amines) is 1. The Morgan fingerprint density at radius 1 is 0.866 bits per heavy atom. The zero-order valence-electron chi connectivity index (χ0n) is 40.4. The van der Waals surface area contributed by atoms with Crippen LogP contribution in [-0.4, -0.2) is 154 Å². The van der Waals surface area contributed by atoms with Crippen molar-refractivity contribution in [1.82, 2.24) is 46.4 Å². The van der Waals surface area contributed by atoms with Crippen LogP contribution in [-0.2, 0) is 46.4 Å². The smallest absolute Gasteiger partial charge is 0.246 e. The highest BCUT2D eigenvalue weighted by molar-refractivity contribution is 5.98. The highest BCUT2D eigenvalue weighted by atomic mass is 16.3. The fraction of sp³-hybridized carbons (Fsp3) is 0.609. The normalized spacial score (nSPS) is 17.0. The summed E-state index contributed by atoms with van der Waals surface area (Å²) in [5, 5.41) is 24.1. The number of likely N-dealkylation sites (N-methyl/N-ethyl adjacent to an activating group) is 1. The number of imidazole rings is 1. The number of guanidine groups is 1. The van der Waals surface area contributed by atoms with Crippen LogP contribution in [0.2, 0.25) is 0 Å². The highest BCUT2D eigenvalue weighted by Gasteiger charge is 2.39. The summed E-state index contributed by atoms with van der Waals surface area (Å²) < 4.78 is 0. The molecule has 0 bridgehead atoms. The lowest BCUT2D eigenvalue weighted by molar-refractivity contribution is -0.138. The zero-order valence-corrected chi connectivity index (χ0v) is 40.4. The van der Waals surface area contributed by atoms with Gasteiger partial charge in [0.15, 0.2) is 11.7 Å². The number of phenolic OH excluding ortho intramolecular Hbond substituents is 1. The van der Waals surface area contributed by atoms with Gasteiger partial charge in [-0.25, -0.2) is 4.98 Å². The van der Waals surface area contributed by atoms with Gasteiger partial charge in [-0.2, -0.15) is 0 Å². The number of aromatic nitrogens is 2. The summed E-state index contributed by atoms with van der Waals surface area (Å²) in [5.41, 5.74) is 12.7. The van der Waals surface area contributed by atoms with E-state index in [0.717, 1.165) is 0 Å². The van der Waals surface area contributed by atoms with Gasteiger partial charge in [0.05, 0.1) is 18.9 Å². The van der Waals surface area contributed by atoms with E-state index in [0.29, 0.717) is 49.2 Å². The summed E-state index contributed by atoms with van der Waals surface area (Å²) in [4.78, 5) is 115. The average molecular weight is 936 g/mol. The van der Waals surface area contributed by atoms with Gasteiger partial charge in [-0.05, 0) is 90.1 Å². The number of aromatic amines is 1. The number of carbonyl (C=O) groups excluding carboxylic acids is 7. The largest absolute Gasteiger partial charge is 0.508 e. The number of aromatic hydroxyl groups is 1. The molecule has 370 valence electrons. The molecule has 1 fully saturated rings. The van der Waals surface area contributed by atoms with Crippen molar-refractivity contribution in [1.29, 1.82) is 0 Å². The van der Waals surface area contributed by atoms with E-state index in [9.17, 15) is 38.7 Å². The summed E-state index contributed by atoms with van der Waals surface area (Å²) in [6, 6.07) is -0.661. The molecule has 8 unspecified atom stereocenters. The van der Waals surface area contributed by atoms with Crippen LogP contribution in [0, 0.1) is 11.8 Å². The number of hydrogen-bond acceptors (Lipinski definition) is 12. The summed E-state index contributed by atoms with van der Waals surface area (Å²) in [7, 11) is 3.41. The number of benzene rings is 1. The van der Waals surface area contributed by atoms with Gasteiger partial charge in [-0.1, -0.05) is 46.2 Å². The predicted octanol–water partition coefficient (Wildman–Crippen LogP) is 0.0712. The maximum atomic E-state index is 14.5. The standard InChI is InChI=1S/C46H73N13O8/c1-10-27(4)40(44(66)55-36(22-32-23-49-25-51-32)45(67)59-20-12-14-37(59)29(6)52-28(5)30(7)60)57-42(64)35(21-31-15-17-33(61)18-16-31)54-43(65)39(26(2)3)56-41(63)34(13-11-19-50-46(47)48)53-38(62)24-58(8)9/h15-18,23,25-28,34-37,39-40,61H,10-14,19-22,24H2,1-9H3,(H,49,51)(H,53,62)(H,54,65)(H,55,66)(H,56,63)(H,57,64)(H4,47,48,50). The van der Waals surface area contributed by atoms with Gasteiger partial charge < -0.3 is 57.9 Å².